The van der Waals surface area contributed by atoms with Crippen LogP contribution in [0.25, 0.3) is 0 Å². The van der Waals surface area contributed by atoms with Crippen molar-refractivity contribution in [3.05, 3.63) is 94.1 Å². The number of carbonyl (C=O) groups excluding carboxylic acids is 3. The Kier molecular flexibility index (Phi) is 7.30. The SMILES string of the molecule is COC(=O)[C@@H]1C(=O)C2=C(C[C@@H]1C)Nc1ccccc1N[C@@H]2c1ccc(OC(=O)c2ccc(Cl)cc2)c(OC)c1. The van der Waals surface area contributed by atoms with Gasteiger partial charge in [0.25, 0.3) is 0 Å². The Bertz CT molecular complexity index is 1480. The fraction of sp³-hybridized carbons (Fsp3) is 0.233. The monoisotopic (exact) mass is 546 g/mol. The topological polar surface area (TPSA) is 103 Å². The van der Waals surface area contributed by atoms with Crippen LogP contribution in [0.2, 0.25) is 5.02 Å². The first-order chi connectivity index (χ1) is 18.8. The molecule has 1 aliphatic heterocycles. The molecule has 0 radical (unpaired) electrons. The molecule has 2 N–H and O–H groups in total. The number of ether oxygens (including phenoxy) is 3. The van der Waals surface area contributed by atoms with Gasteiger partial charge in [0, 0.05) is 16.3 Å². The third kappa shape index (κ3) is 5.07. The summed E-state index contributed by atoms with van der Waals surface area (Å²) in [6, 6.07) is 18.5. The molecular weight excluding hydrogens is 520 g/mol. The van der Waals surface area contributed by atoms with E-state index in [1.807, 2.05) is 31.2 Å². The van der Waals surface area contributed by atoms with Crippen LogP contribution >= 0.6 is 11.6 Å². The van der Waals surface area contributed by atoms with Gasteiger partial charge in [-0.2, -0.15) is 0 Å². The van der Waals surface area contributed by atoms with E-state index in [0.29, 0.717) is 33.9 Å². The summed E-state index contributed by atoms with van der Waals surface area (Å²) in [6.45, 7) is 1.87. The Hall–Kier alpha value is -4.30. The van der Waals surface area contributed by atoms with Crippen molar-refractivity contribution in [3.8, 4) is 11.5 Å². The summed E-state index contributed by atoms with van der Waals surface area (Å²) in [5.74, 6) is -2.05. The molecule has 1 aliphatic carbocycles. The molecule has 9 heteroatoms. The molecular formula is C30H27ClN2O6. The highest BCUT2D eigenvalue weighted by Gasteiger charge is 2.44. The number of carbonyl (C=O) groups is 3. The first-order valence-corrected chi connectivity index (χ1v) is 12.8. The van der Waals surface area contributed by atoms with Crippen molar-refractivity contribution in [2.45, 2.75) is 19.4 Å². The van der Waals surface area contributed by atoms with Crippen LogP contribution in [0.15, 0.2) is 78.0 Å². The van der Waals surface area contributed by atoms with Crippen LogP contribution in [0, 0.1) is 11.8 Å². The fourth-order valence-corrected chi connectivity index (χ4v) is 5.20. The predicted molar refractivity (Wildman–Crippen MR) is 147 cm³/mol. The summed E-state index contributed by atoms with van der Waals surface area (Å²) in [4.78, 5) is 39.2. The van der Waals surface area contributed by atoms with Crippen LogP contribution in [0.5, 0.6) is 11.5 Å². The van der Waals surface area contributed by atoms with E-state index in [9.17, 15) is 14.4 Å². The van der Waals surface area contributed by atoms with E-state index in [2.05, 4.69) is 10.6 Å². The average molecular weight is 547 g/mol. The standard InChI is InChI=1S/C30H27ClN2O6/c1-16-14-22-26(28(34)25(16)30(36)38-3)27(33-21-7-5-4-6-20(21)32-22)18-10-13-23(24(15-18)37-2)39-29(35)17-8-11-19(31)12-9-17/h4-13,15-16,25,27,32-33H,14H2,1-3H3/t16-,25-,27+/m0/s1. The highest BCUT2D eigenvalue weighted by molar-refractivity contribution is 6.30. The second-order valence-corrected chi connectivity index (χ2v) is 9.93. The molecule has 0 aromatic heterocycles. The first kappa shape index (κ1) is 26.3. The number of hydrogen-bond acceptors (Lipinski definition) is 8. The number of Topliss-reactive ketones (excluding diaryl/α,β-unsaturated/α-hetero) is 1. The Balaban J connectivity index is 1.55. The summed E-state index contributed by atoms with van der Waals surface area (Å²) < 4.78 is 16.2. The number of benzene rings is 3. The van der Waals surface area contributed by atoms with Gasteiger partial charge >= 0.3 is 11.9 Å². The molecule has 1 heterocycles. The minimum atomic E-state index is -0.914. The summed E-state index contributed by atoms with van der Waals surface area (Å²) in [5, 5.41) is 7.40. The van der Waals surface area contributed by atoms with Crippen molar-refractivity contribution in [2.75, 3.05) is 24.9 Å². The number of allylic oxidation sites excluding steroid dienone is 1. The molecule has 0 fully saturated rings. The number of ketones is 1. The molecule has 0 bridgehead atoms. The Morgan fingerprint density at radius 1 is 0.949 bits per heavy atom. The van der Waals surface area contributed by atoms with Crippen molar-refractivity contribution in [1.82, 2.24) is 0 Å². The van der Waals surface area contributed by atoms with Crippen LogP contribution in [-0.4, -0.2) is 31.9 Å². The van der Waals surface area contributed by atoms with Gasteiger partial charge in [-0.05, 0) is 66.4 Å². The number of rotatable bonds is 5. The zero-order valence-corrected chi connectivity index (χ0v) is 22.4. The molecule has 0 unspecified atom stereocenters. The molecule has 2 aliphatic rings. The van der Waals surface area contributed by atoms with E-state index >= 15 is 0 Å². The number of hydrogen-bond donors (Lipinski definition) is 2. The number of methoxy groups -OCH3 is 2. The number of esters is 2. The van der Waals surface area contributed by atoms with Gasteiger partial charge < -0.3 is 24.8 Å². The normalized spacial score (nSPS) is 20.0. The summed E-state index contributed by atoms with van der Waals surface area (Å²) >= 11 is 5.92. The van der Waals surface area contributed by atoms with E-state index in [0.717, 1.165) is 17.1 Å². The third-order valence-electron chi connectivity index (χ3n) is 7.03. The van der Waals surface area contributed by atoms with Crippen molar-refractivity contribution < 1.29 is 28.6 Å². The summed E-state index contributed by atoms with van der Waals surface area (Å²) in [6.07, 6.45) is 0.487. The number of fused-ring (bicyclic) bond motifs is 1. The van der Waals surface area contributed by atoms with Gasteiger partial charge in [0.1, 0.15) is 5.92 Å². The predicted octanol–water partition coefficient (Wildman–Crippen LogP) is 5.80. The van der Waals surface area contributed by atoms with Gasteiger partial charge in [0.2, 0.25) is 0 Å². The van der Waals surface area contributed by atoms with E-state index in [1.165, 1.54) is 14.2 Å². The van der Waals surface area contributed by atoms with Crippen molar-refractivity contribution in [3.63, 3.8) is 0 Å². The van der Waals surface area contributed by atoms with Crippen molar-refractivity contribution >= 4 is 40.7 Å². The number of anilines is 2. The zero-order chi connectivity index (χ0) is 27.7. The molecule has 8 nitrogen and oxygen atoms in total. The largest absolute Gasteiger partial charge is 0.493 e. The zero-order valence-electron chi connectivity index (χ0n) is 21.6. The fourth-order valence-electron chi connectivity index (χ4n) is 5.08. The van der Waals surface area contributed by atoms with Crippen LogP contribution in [0.3, 0.4) is 0 Å². The molecule has 0 amide bonds. The number of nitrogens with one attached hydrogen (secondary N) is 2. The molecule has 0 saturated heterocycles. The van der Waals surface area contributed by atoms with E-state index in [4.69, 9.17) is 25.8 Å². The second kappa shape index (κ2) is 10.8. The van der Waals surface area contributed by atoms with Gasteiger partial charge in [-0.25, -0.2) is 4.79 Å². The Labute approximate surface area is 230 Å². The molecule has 3 aromatic carbocycles. The molecule has 3 atom stereocenters. The van der Waals surface area contributed by atoms with Crippen molar-refractivity contribution in [2.24, 2.45) is 11.8 Å². The minimum absolute atomic E-state index is 0.221. The van der Waals surface area contributed by atoms with Gasteiger partial charge in [-0.15, -0.1) is 0 Å². The van der Waals surface area contributed by atoms with Crippen LogP contribution in [0.4, 0.5) is 11.4 Å². The third-order valence-corrected chi connectivity index (χ3v) is 7.28. The molecule has 5 rings (SSSR count). The smallest absolute Gasteiger partial charge is 0.343 e. The summed E-state index contributed by atoms with van der Waals surface area (Å²) in [7, 11) is 2.76. The summed E-state index contributed by atoms with van der Waals surface area (Å²) in [5.41, 5.74) is 3.84. The maximum atomic E-state index is 13.9. The van der Waals surface area contributed by atoms with E-state index in [-0.39, 0.29) is 17.5 Å². The maximum Gasteiger partial charge on any atom is 0.343 e. The quantitative estimate of drug-likeness (QED) is 0.235. The van der Waals surface area contributed by atoms with Gasteiger partial charge in [0.05, 0.1) is 37.2 Å². The van der Waals surface area contributed by atoms with Gasteiger partial charge in [-0.3, -0.25) is 9.59 Å². The molecule has 0 spiro atoms. The average Bonchev–Trinajstić information content (AvgIpc) is 3.10. The lowest BCUT2D eigenvalue weighted by Crippen LogP contribution is -2.39. The van der Waals surface area contributed by atoms with Crippen LogP contribution in [0.1, 0.15) is 35.3 Å². The van der Waals surface area contributed by atoms with E-state index in [1.54, 1.807) is 42.5 Å². The molecule has 3 aromatic rings. The van der Waals surface area contributed by atoms with Crippen LogP contribution in [-0.2, 0) is 14.3 Å². The minimum Gasteiger partial charge on any atom is -0.493 e. The van der Waals surface area contributed by atoms with Crippen molar-refractivity contribution in [1.29, 1.82) is 0 Å². The Morgan fingerprint density at radius 3 is 2.36 bits per heavy atom. The lowest BCUT2D eigenvalue weighted by molar-refractivity contribution is -0.151. The van der Waals surface area contributed by atoms with E-state index < -0.39 is 23.9 Å². The molecule has 0 saturated carbocycles. The lowest BCUT2D eigenvalue weighted by atomic mass is 9.75. The molecule has 39 heavy (non-hydrogen) atoms. The van der Waals surface area contributed by atoms with Gasteiger partial charge in [0.15, 0.2) is 17.3 Å². The second-order valence-electron chi connectivity index (χ2n) is 9.49. The highest BCUT2D eigenvalue weighted by atomic mass is 35.5. The number of halogens is 1. The van der Waals surface area contributed by atoms with Crippen LogP contribution < -0.4 is 20.1 Å². The highest BCUT2D eigenvalue weighted by Crippen LogP contribution is 2.45. The first-order valence-electron chi connectivity index (χ1n) is 12.4. The maximum absolute atomic E-state index is 13.9. The lowest BCUT2D eigenvalue weighted by Gasteiger charge is -2.32. The van der Waals surface area contributed by atoms with Gasteiger partial charge in [-0.1, -0.05) is 36.7 Å². The number of para-hydroxylation sites is 2. The molecule has 200 valence electrons. The Morgan fingerprint density at radius 2 is 1.67 bits per heavy atom.